The molecule has 0 unspecified atom stereocenters. The van der Waals surface area contributed by atoms with Crippen molar-refractivity contribution in [3.05, 3.63) is 40.4 Å². The van der Waals surface area contributed by atoms with Gasteiger partial charge in [0.1, 0.15) is 11.4 Å². The second-order valence-corrected chi connectivity index (χ2v) is 7.50. The van der Waals surface area contributed by atoms with Gasteiger partial charge in [-0.3, -0.25) is 9.36 Å². The molecule has 1 aromatic heterocycles. The minimum Gasteiger partial charge on any atom is -0.444 e. The number of hydrogen-bond donors (Lipinski definition) is 1. The number of ether oxygens (including phenoxy) is 1. The maximum Gasteiger partial charge on any atom is 0.408 e. The van der Waals surface area contributed by atoms with Crippen LogP contribution < -0.4 is 10.9 Å². The molecule has 3 rings (SSSR count). The lowest BCUT2D eigenvalue weighted by molar-refractivity contribution is 0.0498. The lowest BCUT2D eigenvalue weighted by Crippen LogP contribution is -2.38. The third-order valence-electron chi connectivity index (χ3n) is 4.16. The SMILES string of the molecule is CC[C@H](NC(=O)OC(C)(C)C)c1nc2ccccc2c(=O)n1C1CC1. The first-order chi connectivity index (χ1) is 11.8. The van der Waals surface area contributed by atoms with Crippen LogP contribution >= 0.6 is 0 Å². The van der Waals surface area contributed by atoms with Gasteiger partial charge in [-0.15, -0.1) is 0 Å². The van der Waals surface area contributed by atoms with Crippen molar-refractivity contribution in [3.8, 4) is 0 Å². The van der Waals surface area contributed by atoms with E-state index in [1.807, 2.05) is 45.9 Å². The van der Waals surface area contributed by atoms with E-state index in [0.717, 1.165) is 12.8 Å². The summed E-state index contributed by atoms with van der Waals surface area (Å²) in [5, 5.41) is 3.49. The van der Waals surface area contributed by atoms with Gasteiger partial charge in [0.2, 0.25) is 0 Å². The van der Waals surface area contributed by atoms with E-state index in [4.69, 9.17) is 9.72 Å². The summed E-state index contributed by atoms with van der Waals surface area (Å²) in [5.41, 5.74) is 0.0476. The molecule has 1 N–H and O–H groups in total. The summed E-state index contributed by atoms with van der Waals surface area (Å²) in [5.74, 6) is 0.611. The van der Waals surface area contributed by atoms with Crippen LogP contribution in [0.3, 0.4) is 0 Å². The summed E-state index contributed by atoms with van der Waals surface area (Å²) in [7, 11) is 0. The van der Waals surface area contributed by atoms with Crippen molar-refractivity contribution >= 4 is 17.0 Å². The Morgan fingerprint density at radius 1 is 1.36 bits per heavy atom. The summed E-state index contributed by atoms with van der Waals surface area (Å²) < 4.78 is 7.12. The minimum atomic E-state index is -0.574. The highest BCUT2D eigenvalue weighted by Crippen LogP contribution is 2.36. The van der Waals surface area contributed by atoms with E-state index in [2.05, 4.69) is 5.32 Å². The third-order valence-corrected chi connectivity index (χ3v) is 4.16. The number of para-hydroxylation sites is 1. The van der Waals surface area contributed by atoms with Crippen LogP contribution in [0.15, 0.2) is 29.1 Å². The fourth-order valence-corrected chi connectivity index (χ4v) is 2.89. The molecule has 0 aliphatic heterocycles. The van der Waals surface area contributed by atoms with E-state index < -0.39 is 11.7 Å². The Kier molecular flexibility index (Phi) is 4.54. The van der Waals surface area contributed by atoms with Crippen molar-refractivity contribution in [2.75, 3.05) is 0 Å². The van der Waals surface area contributed by atoms with E-state index in [9.17, 15) is 9.59 Å². The van der Waals surface area contributed by atoms with Gasteiger partial charge >= 0.3 is 6.09 Å². The van der Waals surface area contributed by atoms with Crippen LogP contribution in [-0.4, -0.2) is 21.2 Å². The van der Waals surface area contributed by atoms with Crippen molar-refractivity contribution < 1.29 is 9.53 Å². The lowest BCUT2D eigenvalue weighted by Gasteiger charge is -2.24. The van der Waals surface area contributed by atoms with Gasteiger partial charge in [-0.1, -0.05) is 19.1 Å². The molecule has 0 radical (unpaired) electrons. The Hall–Kier alpha value is -2.37. The van der Waals surface area contributed by atoms with Gasteiger partial charge in [0, 0.05) is 6.04 Å². The molecule has 134 valence electrons. The highest BCUT2D eigenvalue weighted by Gasteiger charge is 2.31. The Morgan fingerprint density at radius 2 is 2.04 bits per heavy atom. The summed E-state index contributed by atoms with van der Waals surface area (Å²) in [6, 6.07) is 7.15. The molecule has 1 heterocycles. The van der Waals surface area contributed by atoms with Crippen LogP contribution in [-0.2, 0) is 4.74 Å². The van der Waals surface area contributed by atoms with Gasteiger partial charge in [-0.25, -0.2) is 9.78 Å². The quantitative estimate of drug-likeness (QED) is 0.918. The number of rotatable bonds is 4. The zero-order chi connectivity index (χ0) is 18.2. The van der Waals surface area contributed by atoms with E-state index >= 15 is 0 Å². The zero-order valence-electron chi connectivity index (χ0n) is 15.2. The number of carbonyl (C=O) groups is 1. The van der Waals surface area contributed by atoms with Crippen molar-refractivity contribution in [2.45, 2.75) is 64.6 Å². The van der Waals surface area contributed by atoms with Crippen LogP contribution in [0.1, 0.15) is 64.9 Å². The van der Waals surface area contributed by atoms with Crippen LogP contribution in [0.25, 0.3) is 10.9 Å². The zero-order valence-corrected chi connectivity index (χ0v) is 15.2. The number of aromatic nitrogens is 2. The number of carbonyl (C=O) groups excluding carboxylic acids is 1. The Bertz CT molecular complexity index is 847. The number of amides is 1. The molecule has 1 aromatic carbocycles. The van der Waals surface area contributed by atoms with Crippen molar-refractivity contribution in [2.24, 2.45) is 0 Å². The fourth-order valence-electron chi connectivity index (χ4n) is 2.89. The number of fused-ring (bicyclic) bond motifs is 1. The molecule has 1 amide bonds. The first-order valence-corrected chi connectivity index (χ1v) is 8.81. The lowest BCUT2D eigenvalue weighted by atomic mass is 10.1. The molecule has 1 aliphatic rings. The second-order valence-electron chi connectivity index (χ2n) is 7.50. The topological polar surface area (TPSA) is 73.2 Å². The van der Waals surface area contributed by atoms with E-state index in [1.165, 1.54) is 0 Å². The molecule has 6 heteroatoms. The molecular formula is C19H25N3O3. The number of hydrogen-bond acceptors (Lipinski definition) is 4. The second kappa shape index (κ2) is 6.50. The molecule has 1 aliphatic carbocycles. The molecule has 25 heavy (non-hydrogen) atoms. The Labute approximate surface area is 147 Å². The van der Waals surface area contributed by atoms with E-state index in [1.54, 1.807) is 10.6 Å². The maximum absolute atomic E-state index is 12.9. The molecule has 2 aromatic rings. The Balaban J connectivity index is 2.01. The van der Waals surface area contributed by atoms with Gasteiger partial charge < -0.3 is 10.1 Å². The fraction of sp³-hybridized carbons (Fsp3) is 0.526. The predicted molar refractivity (Wildman–Crippen MR) is 96.7 cm³/mol. The molecule has 1 fully saturated rings. The van der Waals surface area contributed by atoms with Gasteiger partial charge in [0.15, 0.2) is 0 Å². The summed E-state index contributed by atoms with van der Waals surface area (Å²) in [6.07, 6.45) is 2.06. The molecular weight excluding hydrogens is 318 g/mol. The van der Waals surface area contributed by atoms with E-state index in [-0.39, 0.29) is 17.6 Å². The van der Waals surface area contributed by atoms with Crippen LogP contribution in [0.5, 0.6) is 0 Å². The van der Waals surface area contributed by atoms with Gasteiger partial charge in [-0.2, -0.15) is 0 Å². The average Bonchev–Trinajstić information content (AvgIpc) is 3.35. The number of nitrogens with zero attached hydrogens (tertiary/aromatic N) is 2. The molecule has 1 atom stereocenters. The third kappa shape index (κ3) is 3.83. The maximum atomic E-state index is 12.9. The molecule has 0 saturated heterocycles. The van der Waals surface area contributed by atoms with Gasteiger partial charge in [0.25, 0.3) is 5.56 Å². The van der Waals surface area contributed by atoms with Crippen LogP contribution in [0.2, 0.25) is 0 Å². The van der Waals surface area contributed by atoms with E-state index in [0.29, 0.717) is 23.1 Å². The van der Waals surface area contributed by atoms with Crippen LogP contribution in [0, 0.1) is 0 Å². The van der Waals surface area contributed by atoms with Crippen molar-refractivity contribution in [1.82, 2.24) is 14.9 Å². The predicted octanol–water partition coefficient (Wildman–Crippen LogP) is 3.71. The highest BCUT2D eigenvalue weighted by atomic mass is 16.6. The number of nitrogens with one attached hydrogen (secondary N) is 1. The number of benzene rings is 1. The van der Waals surface area contributed by atoms with Gasteiger partial charge in [0.05, 0.1) is 16.9 Å². The summed E-state index contributed by atoms with van der Waals surface area (Å²) in [6.45, 7) is 7.42. The molecule has 0 bridgehead atoms. The van der Waals surface area contributed by atoms with Crippen molar-refractivity contribution in [1.29, 1.82) is 0 Å². The average molecular weight is 343 g/mol. The summed E-state index contributed by atoms with van der Waals surface area (Å²) >= 11 is 0. The minimum absolute atomic E-state index is 0.0347. The molecule has 6 nitrogen and oxygen atoms in total. The molecule has 0 spiro atoms. The monoisotopic (exact) mass is 343 g/mol. The Morgan fingerprint density at radius 3 is 2.64 bits per heavy atom. The first-order valence-electron chi connectivity index (χ1n) is 8.81. The first kappa shape index (κ1) is 17.5. The van der Waals surface area contributed by atoms with Crippen LogP contribution in [0.4, 0.5) is 4.79 Å². The smallest absolute Gasteiger partial charge is 0.408 e. The van der Waals surface area contributed by atoms with Gasteiger partial charge in [-0.05, 0) is 52.2 Å². The van der Waals surface area contributed by atoms with Crippen molar-refractivity contribution in [3.63, 3.8) is 0 Å². The summed E-state index contributed by atoms with van der Waals surface area (Å²) in [4.78, 5) is 29.9. The normalized spacial score (nSPS) is 15.8. The number of alkyl carbamates (subject to hydrolysis) is 1. The highest BCUT2D eigenvalue weighted by molar-refractivity contribution is 5.77. The largest absolute Gasteiger partial charge is 0.444 e. The standard InChI is InChI=1S/C19H25N3O3/c1-5-14(21-18(24)25-19(2,3)4)16-20-15-9-7-6-8-13(15)17(23)22(16)12-10-11-12/h6-9,12,14H,5,10-11H2,1-4H3,(H,21,24)/t14-/m0/s1. The molecule has 1 saturated carbocycles.